The van der Waals surface area contributed by atoms with Gasteiger partial charge in [0.25, 0.3) is 0 Å². The number of rotatable bonds is 4. The SMILES string of the molecule is O=C(NCC1(c2ccccc2Cl)CC1)C1CNC1. The Kier molecular flexibility index (Phi) is 3.04. The maximum Gasteiger partial charge on any atom is 0.225 e. The molecular formula is C14H17ClN2O. The Morgan fingerprint density at radius 3 is 2.67 bits per heavy atom. The molecule has 4 heteroatoms. The van der Waals surface area contributed by atoms with Crippen LogP contribution in [-0.4, -0.2) is 25.5 Å². The van der Waals surface area contributed by atoms with E-state index in [1.54, 1.807) is 0 Å². The minimum Gasteiger partial charge on any atom is -0.355 e. The van der Waals surface area contributed by atoms with Gasteiger partial charge in [-0.15, -0.1) is 0 Å². The summed E-state index contributed by atoms with van der Waals surface area (Å²) in [5.74, 6) is 0.333. The average Bonchev–Trinajstić information content (AvgIpc) is 3.06. The van der Waals surface area contributed by atoms with E-state index in [4.69, 9.17) is 11.6 Å². The molecule has 2 N–H and O–H groups in total. The van der Waals surface area contributed by atoms with Crippen LogP contribution in [-0.2, 0) is 10.2 Å². The van der Waals surface area contributed by atoms with E-state index in [9.17, 15) is 4.79 Å². The summed E-state index contributed by atoms with van der Waals surface area (Å²) >= 11 is 6.24. The smallest absolute Gasteiger partial charge is 0.225 e. The maximum atomic E-state index is 11.8. The van der Waals surface area contributed by atoms with Crippen LogP contribution in [0.15, 0.2) is 24.3 Å². The summed E-state index contributed by atoms with van der Waals surface area (Å²) in [6, 6.07) is 7.96. The molecular weight excluding hydrogens is 248 g/mol. The molecule has 2 aliphatic rings. The number of carbonyl (C=O) groups excluding carboxylic acids is 1. The van der Waals surface area contributed by atoms with Crippen LogP contribution in [0.25, 0.3) is 0 Å². The molecule has 0 radical (unpaired) electrons. The molecule has 2 fully saturated rings. The maximum absolute atomic E-state index is 11.8. The Hall–Kier alpha value is -1.06. The van der Waals surface area contributed by atoms with E-state index in [1.165, 1.54) is 5.56 Å². The number of nitrogens with one attached hydrogen (secondary N) is 2. The van der Waals surface area contributed by atoms with Gasteiger partial charge in [0.2, 0.25) is 5.91 Å². The van der Waals surface area contributed by atoms with Crippen LogP contribution in [0.1, 0.15) is 18.4 Å². The first kappa shape index (κ1) is 12.0. The van der Waals surface area contributed by atoms with E-state index in [1.807, 2.05) is 18.2 Å². The fraction of sp³-hybridized carbons (Fsp3) is 0.500. The highest BCUT2D eigenvalue weighted by molar-refractivity contribution is 6.31. The van der Waals surface area contributed by atoms with Gasteiger partial charge in [0, 0.05) is 30.1 Å². The molecule has 1 aliphatic heterocycles. The number of halogens is 1. The van der Waals surface area contributed by atoms with Gasteiger partial charge in [-0.3, -0.25) is 4.79 Å². The lowest BCUT2D eigenvalue weighted by Crippen LogP contribution is -2.51. The van der Waals surface area contributed by atoms with Crippen LogP contribution in [0.5, 0.6) is 0 Å². The molecule has 1 heterocycles. The van der Waals surface area contributed by atoms with Crippen molar-refractivity contribution in [3.63, 3.8) is 0 Å². The predicted octanol–water partition coefficient (Wildman–Crippen LogP) is 1.71. The van der Waals surface area contributed by atoms with Crippen molar-refractivity contribution < 1.29 is 4.79 Å². The molecule has 3 rings (SSSR count). The van der Waals surface area contributed by atoms with Crippen LogP contribution < -0.4 is 10.6 Å². The molecule has 1 aromatic carbocycles. The van der Waals surface area contributed by atoms with Gasteiger partial charge in [-0.05, 0) is 24.5 Å². The fourth-order valence-electron chi connectivity index (χ4n) is 2.46. The molecule has 0 spiro atoms. The minimum absolute atomic E-state index is 0.0885. The Bertz CT molecular complexity index is 467. The van der Waals surface area contributed by atoms with Gasteiger partial charge in [0.05, 0.1) is 5.92 Å². The number of hydrogen-bond acceptors (Lipinski definition) is 2. The van der Waals surface area contributed by atoms with E-state index in [0.717, 1.165) is 31.0 Å². The first-order chi connectivity index (χ1) is 8.71. The van der Waals surface area contributed by atoms with Gasteiger partial charge >= 0.3 is 0 Å². The summed E-state index contributed by atoms with van der Waals surface area (Å²) in [5, 5.41) is 7.00. The van der Waals surface area contributed by atoms with Crippen molar-refractivity contribution in [2.45, 2.75) is 18.3 Å². The lowest BCUT2D eigenvalue weighted by atomic mass is 9.95. The Labute approximate surface area is 112 Å². The van der Waals surface area contributed by atoms with E-state index >= 15 is 0 Å². The first-order valence-corrected chi connectivity index (χ1v) is 6.82. The molecule has 1 aliphatic carbocycles. The van der Waals surface area contributed by atoms with Gasteiger partial charge in [-0.2, -0.15) is 0 Å². The summed E-state index contributed by atoms with van der Waals surface area (Å²) in [4.78, 5) is 11.8. The molecule has 18 heavy (non-hydrogen) atoms. The Morgan fingerprint density at radius 2 is 2.11 bits per heavy atom. The molecule has 0 unspecified atom stereocenters. The normalized spacial score (nSPS) is 21.2. The second kappa shape index (κ2) is 4.56. The van der Waals surface area contributed by atoms with Gasteiger partial charge in [-0.1, -0.05) is 29.8 Å². The summed E-state index contributed by atoms with van der Waals surface area (Å²) in [5.41, 5.74) is 1.27. The summed E-state index contributed by atoms with van der Waals surface area (Å²) in [6.45, 7) is 2.34. The number of carbonyl (C=O) groups is 1. The zero-order chi connectivity index (χ0) is 12.6. The first-order valence-electron chi connectivity index (χ1n) is 6.45. The Balaban J connectivity index is 1.65. The molecule has 0 bridgehead atoms. The lowest BCUT2D eigenvalue weighted by Gasteiger charge is -2.27. The van der Waals surface area contributed by atoms with Crippen molar-refractivity contribution in [1.29, 1.82) is 0 Å². The minimum atomic E-state index is 0.0885. The highest BCUT2D eigenvalue weighted by Gasteiger charge is 2.45. The second-order valence-electron chi connectivity index (χ2n) is 5.33. The van der Waals surface area contributed by atoms with Crippen LogP contribution >= 0.6 is 11.6 Å². The summed E-state index contributed by atoms with van der Waals surface area (Å²) < 4.78 is 0. The van der Waals surface area contributed by atoms with E-state index < -0.39 is 0 Å². The van der Waals surface area contributed by atoms with E-state index in [2.05, 4.69) is 16.7 Å². The second-order valence-corrected chi connectivity index (χ2v) is 5.74. The quantitative estimate of drug-likeness (QED) is 0.869. The van der Waals surface area contributed by atoms with Gasteiger partial charge in [-0.25, -0.2) is 0 Å². The van der Waals surface area contributed by atoms with Crippen LogP contribution in [0, 0.1) is 5.92 Å². The van der Waals surface area contributed by atoms with Crippen LogP contribution in [0.4, 0.5) is 0 Å². The average molecular weight is 265 g/mol. The molecule has 1 aromatic rings. The molecule has 1 amide bonds. The van der Waals surface area contributed by atoms with Gasteiger partial charge < -0.3 is 10.6 Å². The van der Waals surface area contributed by atoms with E-state index in [0.29, 0.717) is 6.54 Å². The predicted molar refractivity (Wildman–Crippen MR) is 71.7 cm³/mol. The molecule has 96 valence electrons. The van der Waals surface area contributed by atoms with Crippen LogP contribution in [0.2, 0.25) is 5.02 Å². The topological polar surface area (TPSA) is 41.1 Å². The van der Waals surface area contributed by atoms with Gasteiger partial charge in [0.1, 0.15) is 0 Å². The number of hydrogen-bond donors (Lipinski definition) is 2. The molecule has 3 nitrogen and oxygen atoms in total. The highest BCUT2D eigenvalue weighted by atomic mass is 35.5. The summed E-state index contributed by atoms with van der Waals surface area (Å²) in [7, 11) is 0. The number of benzene rings is 1. The van der Waals surface area contributed by atoms with Crippen molar-refractivity contribution in [2.24, 2.45) is 5.92 Å². The van der Waals surface area contributed by atoms with Crippen LogP contribution in [0.3, 0.4) is 0 Å². The molecule has 1 saturated heterocycles. The zero-order valence-electron chi connectivity index (χ0n) is 10.2. The van der Waals surface area contributed by atoms with Crippen molar-refractivity contribution >= 4 is 17.5 Å². The summed E-state index contributed by atoms with van der Waals surface area (Å²) in [6.07, 6.45) is 2.22. The van der Waals surface area contributed by atoms with Crippen molar-refractivity contribution in [1.82, 2.24) is 10.6 Å². The monoisotopic (exact) mass is 264 g/mol. The van der Waals surface area contributed by atoms with Crippen molar-refractivity contribution in [3.8, 4) is 0 Å². The standard InChI is InChI=1S/C14H17ClN2O/c15-12-4-2-1-3-11(12)14(5-6-14)9-17-13(18)10-7-16-8-10/h1-4,10,16H,5-9H2,(H,17,18). The van der Waals surface area contributed by atoms with Crippen molar-refractivity contribution in [3.05, 3.63) is 34.9 Å². The van der Waals surface area contributed by atoms with Gasteiger partial charge in [0.15, 0.2) is 0 Å². The molecule has 1 saturated carbocycles. The zero-order valence-corrected chi connectivity index (χ0v) is 11.0. The molecule has 0 aromatic heterocycles. The van der Waals surface area contributed by atoms with Crippen molar-refractivity contribution in [2.75, 3.05) is 19.6 Å². The highest BCUT2D eigenvalue weighted by Crippen LogP contribution is 2.49. The Morgan fingerprint density at radius 1 is 1.39 bits per heavy atom. The third-order valence-corrected chi connectivity index (χ3v) is 4.38. The fourth-order valence-corrected chi connectivity index (χ4v) is 2.79. The van der Waals surface area contributed by atoms with E-state index in [-0.39, 0.29) is 17.2 Å². The third kappa shape index (κ3) is 2.13. The molecule has 0 atom stereocenters. The number of amides is 1. The largest absolute Gasteiger partial charge is 0.355 e. The lowest BCUT2D eigenvalue weighted by molar-refractivity contribution is -0.126. The third-order valence-electron chi connectivity index (χ3n) is 4.05.